The summed E-state index contributed by atoms with van der Waals surface area (Å²) < 4.78 is 7.85. The molecule has 5 nitrogen and oxygen atoms in total. The van der Waals surface area contributed by atoms with Crippen LogP contribution in [0.15, 0.2) is 83.3 Å². The molecule has 0 spiro atoms. The predicted octanol–water partition coefficient (Wildman–Crippen LogP) is 5.99. The molecule has 184 valence electrons. The number of rotatable bonds is 12. The molecular weight excluding hydrogens is 619 g/mol. The van der Waals surface area contributed by atoms with Gasteiger partial charge >= 0.3 is 0 Å². The van der Waals surface area contributed by atoms with Crippen molar-refractivity contribution in [2.45, 2.75) is 38.8 Å². The van der Waals surface area contributed by atoms with Crippen LogP contribution in [-0.2, 0) is 22.6 Å². The molecule has 0 heterocycles. The molecule has 0 aliphatic rings. The van der Waals surface area contributed by atoms with Crippen molar-refractivity contribution in [1.29, 1.82) is 0 Å². The second-order valence-corrected chi connectivity index (χ2v) is 10.4. The molecule has 0 saturated heterocycles. The SMILES string of the molecule is CCCCNC(=O)[C@@H](Cc1ccccc1)N(Cc1ccc(Br)cc1)C(=O)COc1ccc(I)cc1. The fraction of sp³-hybridized carbons (Fsp3) is 0.286. The molecule has 1 N–H and O–H groups in total. The van der Waals surface area contributed by atoms with Crippen molar-refractivity contribution >= 4 is 50.3 Å². The largest absolute Gasteiger partial charge is 0.484 e. The van der Waals surface area contributed by atoms with E-state index in [9.17, 15) is 9.59 Å². The van der Waals surface area contributed by atoms with Crippen molar-refractivity contribution < 1.29 is 14.3 Å². The molecule has 0 radical (unpaired) electrons. The molecule has 0 unspecified atom stereocenters. The molecule has 0 aliphatic heterocycles. The Bertz CT molecular complexity index is 1080. The molecule has 3 rings (SSSR count). The Labute approximate surface area is 229 Å². The summed E-state index contributed by atoms with van der Waals surface area (Å²) in [5, 5.41) is 3.03. The van der Waals surface area contributed by atoms with E-state index in [2.05, 4.69) is 50.8 Å². The van der Waals surface area contributed by atoms with Crippen molar-refractivity contribution in [1.82, 2.24) is 10.2 Å². The summed E-state index contributed by atoms with van der Waals surface area (Å²) >= 11 is 5.69. The van der Waals surface area contributed by atoms with Gasteiger partial charge in [-0.1, -0.05) is 71.7 Å². The monoisotopic (exact) mass is 648 g/mol. The van der Waals surface area contributed by atoms with E-state index in [1.165, 1.54) is 0 Å². The number of halogens is 2. The van der Waals surface area contributed by atoms with Gasteiger partial charge in [-0.3, -0.25) is 9.59 Å². The molecule has 35 heavy (non-hydrogen) atoms. The smallest absolute Gasteiger partial charge is 0.261 e. The van der Waals surface area contributed by atoms with E-state index in [-0.39, 0.29) is 18.4 Å². The highest BCUT2D eigenvalue weighted by Gasteiger charge is 2.30. The molecular formula is C28H30BrIN2O3. The van der Waals surface area contributed by atoms with Gasteiger partial charge in [0.2, 0.25) is 5.91 Å². The molecule has 2 amide bonds. The van der Waals surface area contributed by atoms with Crippen LogP contribution in [0.3, 0.4) is 0 Å². The van der Waals surface area contributed by atoms with Crippen LogP contribution in [0.2, 0.25) is 0 Å². The van der Waals surface area contributed by atoms with Gasteiger partial charge in [0.15, 0.2) is 6.61 Å². The van der Waals surface area contributed by atoms with Crippen LogP contribution in [0.1, 0.15) is 30.9 Å². The number of hydrogen-bond acceptors (Lipinski definition) is 3. The normalized spacial score (nSPS) is 11.5. The van der Waals surface area contributed by atoms with Crippen LogP contribution in [-0.4, -0.2) is 35.9 Å². The molecule has 1 atom stereocenters. The number of nitrogens with one attached hydrogen (secondary N) is 1. The Morgan fingerprint density at radius 3 is 2.31 bits per heavy atom. The lowest BCUT2D eigenvalue weighted by atomic mass is 10.0. The molecule has 0 aliphatic carbocycles. The zero-order valence-electron chi connectivity index (χ0n) is 19.8. The van der Waals surface area contributed by atoms with E-state index in [1.54, 1.807) is 4.90 Å². The van der Waals surface area contributed by atoms with E-state index in [0.717, 1.165) is 32.0 Å². The highest BCUT2D eigenvalue weighted by molar-refractivity contribution is 14.1. The zero-order chi connectivity index (χ0) is 25.0. The molecule has 0 aromatic heterocycles. The third kappa shape index (κ3) is 8.96. The Morgan fingerprint density at radius 2 is 1.66 bits per heavy atom. The maximum Gasteiger partial charge on any atom is 0.261 e. The number of ether oxygens (including phenoxy) is 1. The second-order valence-electron chi connectivity index (χ2n) is 8.24. The van der Waals surface area contributed by atoms with E-state index >= 15 is 0 Å². The van der Waals surface area contributed by atoms with E-state index in [4.69, 9.17) is 4.74 Å². The average molecular weight is 649 g/mol. The topological polar surface area (TPSA) is 58.6 Å². The lowest BCUT2D eigenvalue weighted by Crippen LogP contribution is -2.51. The van der Waals surface area contributed by atoms with Gasteiger partial charge in [-0.25, -0.2) is 0 Å². The van der Waals surface area contributed by atoms with E-state index < -0.39 is 6.04 Å². The number of benzene rings is 3. The van der Waals surface area contributed by atoms with Gasteiger partial charge in [-0.05, 0) is 76.5 Å². The third-order valence-corrected chi connectivity index (χ3v) is 6.79. The Balaban J connectivity index is 1.86. The second kappa shape index (κ2) is 14.2. The molecule has 0 bridgehead atoms. The summed E-state index contributed by atoms with van der Waals surface area (Å²) in [6.45, 7) is 2.82. The molecule has 7 heteroatoms. The molecule has 0 saturated carbocycles. The summed E-state index contributed by atoms with van der Waals surface area (Å²) in [4.78, 5) is 28.5. The van der Waals surface area contributed by atoms with Gasteiger partial charge in [0, 0.05) is 27.6 Å². The first kappa shape index (κ1) is 27.2. The highest BCUT2D eigenvalue weighted by Crippen LogP contribution is 2.18. The number of carbonyl (C=O) groups is 2. The minimum Gasteiger partial charge on any atom is -0.484 e. The minimum atomic E-state index is -0.661. The first-order valence-electron chi connectivity index (χ1n) is 11.7. The highest BCUT2D eigenvalue weighted by atomic mass is 127. The standard InChI is InChI=1S/C28H30BrIN2O3/c1-2-3-17-31-28(34)26(18-21-7-5-4-6-8-21)32(19-22-9-11-23(29)12-10-22)27(33)20-35-25-15-13-24(30)14-16-25/h4-16,26H,2-3,17-20H2,1H3,(H,31,34)/t26-/m1/s1. The van der Waals surface area contributed by atoms with Crippen LogP contribution in [0.25, 0.3) is 0 Å². The van der Waals surface area contributed by atoms with Crippen LogP contribution in [0, 0.1) is 3.57 Å². The fourth-order valence-electron chi connectivity index (χ4n) is 3.61. The number of carbonyl (C=O) groups excluding carboxylic acids is 2. The van der Waals surface area contributed by atoms with Crippen LogP contribution >= 0.6 is 38.5 Å². The average Bonchev–Trinajstić information content (AvgIpc) is 2.87. The quantitative estimate of drug-likeness (QED) is 0.194. The molecule has 0 fully saturated rings. The van der Waals surface area contributed by atoms with Gasteiger partial charge in [-0.2, -0.15) is 0 Å². The Morgan fingerprint density at radius 1 is 0.971 bits per heavy atom. The van der Waals surface area contributed by atoms with Gasteiger partial charge in [0.1, 0.15) is 11.8 Å². The molecule has 3 aromatic carbocycles. The molecule has 3 aromatic rings. The van der Waals surface area contributed by atoms with Gasteiger partial charge in [-0.15, -0.1) is 0 Å². The minimum absolute atomic E-state index is 0.148. The van der Waals surface area contributed by atoms with Crippen molar-refractivity contribution in [2.24, 2.45) is 0 Å². The lowest BCUT2D eigenvalue weighted by molar-refractivity contribution is -0.142. The number of unbranched alkanes of at least 4 members (excludes halogenated alkanes) is 1. The number of nitrogens with zero attached hydrogens (tertiary/aromatic N) is 1. The number of hydrogen-bond donors (Lipinski definition) is 1. The lowest BCUT2D eigenvalue weighted by Gasteiger charge is -2.31. The van der Waals surface area contributed by atoms with Crippen molar-refractivity contribution in [2.75, 3.05) is 13.2 Å². The Hall–Kier alpha value is -2.39. The van der Waals surface area contributed by atoms with Crippen LogP contribution in [0.5, 0.6) is 5.75 Å². The summed E-state index contributed by atoms with van der Waals surface area (Å²) in [5.74, 6) is 0.231. The Kier molecular flexibility index (Phi) is 11.1. The summed E-state index contributed by atoms with van der Waals surface area (Å²) in [7, 11) is 0. The maximum atomic E-state index is 13.5. The first-order chi connectivity index (χ1) is 17.0. The van der Waals surface area contributed by atoms with Gasteiger partial charge in [0.05, 0.1) is 0 Å². The van der Waals surface area contributed by atoms with Crippen LogP contribution in [0.4, 0.5) is 0 Å². The van der Waals surface area contributed by atoms with Crippen molar-refractivity contribution in [3.8, 4) is 5.75 Å². The van der Waals surface area contributed by atoms with Crippen LogP contribution < -0.4 is 10.1 Å². The summed E-state index contributed by atoms with van der Waals surface area (Å²) in [6, 6.07) is 24.5. The van der Waals surface area contributed by atoms with Gasteiger partial charge in [0.25, 0.3) is 5.91 Å². The van der Waals surface area contributed by atoms with Crippen molar-refractivity contribution in [3.63, 3.8) is 0 Å². The van der Waals surface area contributed by atoms with Gasteiger partial charge < -0.3 is 15.0 Å². The van der Waals surface area contributed by atoms with E-state index in [1.807, 2.05) is 78.9 Å². The fourth-order valence-corrected chi connectivity index (χ4v) is 4.23. The third-order valence-electron chi connectivity index (χ3n) is 5.54. The number of amides is 2. The first-order valence-corrected chi connectivity index (χ1v) is 13.6. The zero-order valence-corrected chi connectivity index (χ0v) is 23.5. The summed E-state index contributed by atoms with van der Waals surface area (Å²) in [6.07, 6.45) is 2.29. The summed E-state index contributed by atoms with van der Waals surface area (Å²) in [5.41, 5.74) is 1.94. The van der Waals surface area contributed by atoms with E-state index in [0.29, 0.717) is 25.3 Å². The predicted molar refractivity (Wildman–Crippen MR) is 151 cm³/mol. The maximum absolute atomic E-state index is 13.5. The van der Waals surface area contributed by atoms with Crippen molar-refractivity contribution in [3.05, 3.63) is 98.0 Å².